The molecular weight excluding hydrogens is 443 g/mol. The first kappa shape index (κ1) is 20.4. The second-order valence-corrected chi connectivity index (χ2v) is 10.9. The maximum atomic E-state index is 14.2. The van der Waals surface area contributed by atoms with E-state index in [4.69, 9.17) is 16.6 Å². The molecule has 1 aromatic carbocycles. The van der Waals surface area contributed by atoms with E-state index in [1.165, 1.54) is 18.2 Å². The number of hydrogen-bond acceptors (Lipinski definition) is 5. The molecule has 0 spiro atoms. The van der Waals surface area contributed by atoms with E-state index in [2.05, 4.69) is 10.4 Å². The van der Waals surface area contributed by atoms with Crippen LogP contribution < -0.4 is 5.32 Å². The zero-order valence-electron chi connectivity index (χ0n) is 16.7. The Hall–Kier alpha value is -2.52. The summed E-state index contributed by atoms with van der Waals surface area (Å²) >= 11 is 5.95. The highest BCUT2D eigenvalue weighted by molar-refractivity contribution is 7.91. The molecule has 1 saturated heterocycles. The minimum atomic E-state index is -3.12. The van der Waals surface area contributed by atoms with Crippen molar-refractivity contribution in [1.29, 1.82) is 0 Å². The standard InChI is InChI=1S/C21H20ClFN4O3S/c1-11-19-15(21(28)25-18-8-13(22)4-5-16(18)23)9-17(12-2-3-12)24-20(19)27(26-11)14-6-7-31(29,30)10-14/h4-5,8-9,12,14H,2-3,6-7,10H2,1H3,(H,25,28)/t14-/m1/s1. The van der Waals surface area contributed by atoms with Crippen molar-refractivity contribution >= 4 is 44.1 Å². The van der Waals surface area contributed by atoms with E-state index in [-0.39, 0.29) is 29.2 Å². The third-order valence-corrected chi connectivity index (χ3v) is 7.81. The summed E-state index contributed by atoms with van der Waals surface area (Å²) in [5.74, 6) is -0.698. The van der Waals surface area contributed by atoms with Gasteiger partial charge < -0.3 is 5.32 Å². The molecule has 2 aliphatic rings. The number of sulfone groups is 1. The zero-order chi connectivity index (χ0) is 21.9. The lowest BCUT2D eigenvalue weighted by atomic mass is 10.1. The van der Waals surface area contributed by atoms with Crippen molar-refractivity contribution in [3.63, 3.8) is 0 Å². The number of hydrogen-bond donors (Lipinski definition) is 1. The highest BCUT2D eigenvalue weighted by atomic mass is 35.5. The van der Waals surface area contributed by atoms with Gasteiger partial charge in [-0.25, -0.2) is 22.5 Å². The van der Waals surface area contributed by atoms with Crippen molar-refractivity contribution in [3.05, 3.63) is 52.1 Å². The number of pyridine rings is 1. The molecule has 1 amide bonds. The first-order valence-corrected chi connectivity index (χ1v) is 12.3. The van der Waals surface area contributed by atoms with Gasteiger partial charge in [-0.2, -0.15) is 5.10 Å². The second kappa shape index (κ2) is 7.27. The smallest absolute Gasteiger partial charge is 0.256 e. The Labute approximate surface area is 183 Å². The normalized spacial score (nSPS) is 20.3. The fourth-order valence-electron chi connectivity index (χ4n) is 4.11. The quantitative estimate of drug-likeness (QED) is 0.632. The average Bonchev–Trinajstić information content (AvgIpc) is 3.43. The molecule has 0 unspecified atom stereocenters. The van der Waals surface area contributed by atoms with Crippen LogP contribution in [0.3, 0.4) is 0 Å². The number of carbonyl (C=O) groups excluding carboxylic acids is 1. The van der Waals surface area contributed by atoms with Crippen LogP contribution in [-0.4, -0.2) is 40.6 Å². The summed E-state index contributed by atoms with van der Waals surface area (Å²) in [4.78, 5) is 18.0. The van der Waals surface area contributed by atoms with Crippen LogP contribution >= 0.6 is 11.6 Å². The van der Waals surface area contributed by atoms with Gasteiger partial charge in [-0.3, -0.25) is 4.79 Å². The summed E-state index contributed by atoms with van der Waals surface area (Å²) in [5, 5.41) is 8.02. The number of aryl methyl sites for hydroxylation is 1. The fraction of sp³-hybridized carbons (Fsp3) is 0.381. The van der Waals surface area contributed by atoms with E-state index in [1.54, 1.807) is 17.7 Å². The molecule has 0 bridgehead atoms. The summed E-state index contributed by atoms with van der Waals surface area (Å²) in [6.07, 6.45) is 2.42. The van der Waals surface area contributed by atoms with Gasteiger partial charge in [0.05, 0.1) is 39.9 Å². The monoisotopic (exact) mass is 462 g/mol. The first-order chi connectivity index (χ1) is 14.7. The van der Waals surface area contributed by atoms with Crippen molar-refractivity contribution in [2.45, 2.75) is 38.1 Å². The lowest BCUT2D eigenvalue weighted by molar-refractivity contribution is 0.102. The molecule has 3 heterocycles. The molecule has 0 radical (unpaired) electrons. The van der Waals surface area contributed by atoms with Gasteiger partial charge in [-0.05, 0) is 50.5 Å². The highest BCUT2D eigenvalue weighted by Gasteiger charge is 2.34. The molecule has 1 saturated carbocycles. The number of nitrogens with one attached hydrogen (secondary N) is 1. The molecule has 1 N–H and O–H groups in total. The van der Waals surface area contributed by atoms with Crippen molar-refractivity contribution in [1.82, 2.24) is 14.8 Å². The van der Waals surface area contributed by atoms with Crippen LogP contribution in [0.2, 0.25) is 5.02 Å². The van der Waals surface area contributed by atoms with Crippen molar-refractivity contribution in [2.75, 3.05) is 16.8 Å². The lowest BCUT2D eigenvalue weighted by Gasteiger charge is -2.12. The number of benzene rings is 1. The molecule has 31 heavy (non-hydrogen) atoms. The maximum absolute atomic E-state index is 14.2. The van der Waals surface area contributed by atoms with Crippen LogP contribution in [0.1, 0.15) is 53.0 Å². The maximum Gasteiger partial charge on any atom is 0.256 e. The van der Waals surface area contributed by atoms with Gasteiger partial charge in [-0.15, -0.1) is 0 Å². The summed E-state index contributed by atoms with van der Waals surface area (Å²) in [5.41, 5.74) is 2.18. The first-order valence-electron chi connectivity index (χ1n) is 10.1. The van der Waals surface area contributed by atoms with Crippen LogP contribution in [0.4, 0.5) is 10.1 Å². The average molecular weight is 463 g/mol. The second-order valence-electron chi connectivity index (χ2n) is 8.23. The van der Waals surface area contributed by atoms with Gasteiger partial charge in [0.25, 0.3) is 5.91 Å². The minimum Gasteiger partial charge on any atom is -0.319 e. The third-order valence-electron chi connectivity index (χ3n) is 5.83. The molecule has 1 atom stereocenters. The lowest BCUT2D eigenvalue weighted by Crippen LogP contribution is -2.16. The van der Waals surface area contributed by atoms with E-state index in [0.717, 1.165) is 18.5 Å². The predicted octanol–water partition coefficient (Wildman–Crippen LogP) is 4.02. The summed E-state index contributed by atoms with van der Waals surface area (Å²) < 4.78 is 39.8. The Bertz CT molecular complexity index is 1330. The van der Waals surface area contributed by atoms with Crippen molar-refractivity contribution < 1.29 is 17.6 Å². The molecule has 1 aliphatic carbocycles. The van der Waals surface area contributed by atoms with Crippen LogP contribution in [0.25, 0.3) is 11.0 Å². The summed E-state index contributed by atoms with van der Waals surface area (Å²) in [6.45, 7) is 1.76. The molecule has 3 aromatic rings. The predicted molar refractivity (Wildman–Crippen MR) is 116 cm³/mol. The number of amides is 1. The number of fused-ring (bicyclic) bond motifs is 1. The van der Waals surface area contributed by atoms with Crippen LogP contribution in [-0.2, 0) is 9.84 Å². The number of aromatic nitrogens is 3. The Morgan fingerprint density at radius 2 is 2.03 bits per heavy atom. The van der Waals surface area contributed by atoms with Crippen molar-refractivity contribution in [2.24, 2.45) is 0 Å². The van der Waals surface area contributed by atoms with E-state index in [1.807, 2.05) is 0 Å². The van der Waals surface area contributed by atoms with Crippen LogP contribution in [0.15, 0.2) is 24.3 Å². The number of nitrogens with zero attached hydrogens (tertiary/aromatic N) is 3. The number of rotatable bonds is 4. The van der Waals surface area contributed by atoms with Gasteiger partial charge in [-0.1, -0.05) is 11.6 Å². The van der Waals surface area contributed by atoms with Crippen molar-refractivity contribution in [3.8, 4) is 0 Å². The largest absolute Gasteiger partial charge is 0.319 e. The highest BCUT2D eigenvalue weighted by Crippen LogP contribution is 2.41. The Morgan fingerprint density at radius 1 is 1.26 bits per heavy atom. The molecule has 10 heteroatoms. The zero-order valence-corrected chi connectivity index (χ0v) is 18.3. The minimum absolute atomic E-state index is 0.00775. The SMILES string of the molecule is Cc1nn([C@@H]2CCS(=O)(=O)C2)c2nc(C3CC3)cc(C(=O)Nc3cc(Cl)ccc3F)c12. The Morgan fingerprint density at radius 3 is 2.71 bits per heavy atom. The van der Waals surface area contributed by atoms with Gasteiger partial charge in [0.15, 0.2) is 15.5 Å². The number of anilines is 1. The fourth-order valence-corrected chi connectivity index (χ4v) is 5.97. The molecule has 2 aromatic heterocycles. The van der Waals surface area contributed by atoms with Crippen LogP contribution in [0, 0.1) is 12.7 Å². The molecule has 162 valence electrons. The van der Waals surface area contributed by atoms with E-state index >= 15 is 0 Å². The molecule has 5 rings (SSSR count). The molecule has 1 aliphatic heterocycles. The molecular formula is C21H20ClFN4O3S. The van der Waals surface area contributed by atoms with E-state index in [0.29, 0.717) is 33.7 Å². The number of carbonyl (C=O) groups is 1. The Balaban J connectivity index is 1.62. The topological polar surface area (TPSA) is 93.9 Å². The van der Waals surface area contributed by atoms with Gasteiger partial charge in [0.2, 0.25) is 0 Å². The molecule has 2 fully saturated rings. The molecule has 7 nitrogen and oxygen atoms in total. The van der Waals surface area contributed by atoms with Crippen LogP contribution in [0.5, 0.6) is 0 Å². The summed E-state index contributed by atoms with van der Waals surface area (Å²) in [7, 11) is -3.12. The Kier molecular flexibility index (Phi) is 4.78. The van der Waals surface area contributed by atoms with E-state index < -0.39 is 21.6 Å². The third kappa shape index (κ3) is 3.80. The number of halogens is 2. The van der Waals surface area contributed by atoms with E-state index in [9.17, 15) is 17.6 Å². The van der Waals surface area contributed by atoms with Gasteiger partial charge in [0.1, 0.15) is 5.82 Å². The van der Waals surface area contributed by atoms with Gasteiger partial charge in [0, 0.05) is 16.6 Å². The summed E-state index contributed by atoms with van der Waals surface area (Å²) in [6, 6.07) is 5.38. The van der Waals surface area contributed by atoms with Gasteiger partial charge >= 0.3 is 0 Å².